The second kappa shape index (κ2) is 47.5. The van der Waals surface area contributed by atoms with E-state index in [1.165, 1.54) is 96.3 Å². The number of unbranched alkanes of at least 4 members (excludes halogenated alkanes) is 20. The summed E-state index contributed by atoms with van der Waals surface area (Å²) in [5.74, 6) is -0.235. The molecule has 1 amide bonds. The number of aliphatic hydroxyl groups is 1. The summed E-state index contributed by atoms with van der Waals surface area (Å²) in [5.41, 5.74) is 0. The van der Waals surface area contributed by atoms with Crippen LogP contribution in [0.4, 0.5) is 0 Å². The lowest BCUT2D eigenvalue weighted by Crippen LogP contribution is -2.45. The maximum absolute atomic E-state index is 12.9. The molecule has 0 bridgehead atoms. The fourth-order valence-electron chi connectivity index (χ4n) is 7.11. The first-order valence-corrected chi connectivity index (χ1v) is 28.1. The molecule has 0 aromatic heterocycles. The normalized spacial score (nSPS) is 14.8. The number of quaternary nitrogens is 1. The van der Waals surface area contributed by atoms with Gasteiger partial charge in [0.2, 0.25) is 5.91 Å². The standard InChI is InChI=1S/C57H101N2O6P/c1-6-8-10-12-14-16-18-20-22-24-26-28-29-31-33-35-37-39-41-43-45-47-49-51-57(61)58-55(54-65-66(62,63)64-53-52-59(3,4)5)56(60)50-48-46-44-42-40-38-36-34-32-30-27-25-23-21-19-17-15-13-11-9-7-2/h8,10,14,16,20,22,26,28,31,33,37,39-40,42,48,50,55-56,60H,6-7,9,11-13,15,17-19,21,23-25,27,29-30,32,34-36,38,41,43-47,49,51-54H2,1-5H3,(H-,58,61,62,63)/b10-8-,16-14-,22-20-,28-26-,33-31-,39-37-,42-40+,50-48+. The van der Waals surface area contributed by atoms with Gasteiger partial charge in [-0.3, -0.25) is 9.36 Å². The number of likely N-dealkylation sites (N-methyl/N-ethyl adjacent to an activating group) is 1. The van der Waals surface area contributed by atoms with Crippen LogP contribution in [0.25, 0.3) is 0 Å². The third kappa shape index (κ3) is 49.3. The Balaban J connectivity index is 4.42. The van der Waals surface area contributed by atoms with Crippen LogP contribution in [0.5, 0.6) is 0 Å². The molecule has 0 radical (unpaired) electrons. The lowest BCUT2D eigenvalue weighted by Gasteiger charge is -2.29. The second-order valence-electron chi connectivity index (χ2n) is 18.8. The molecule has 2 N–H and O–H groups in total. The summed E-state index contributed by atoms with van der Waals surface area (Å²) in [7, 11) is 1.21. The maximum atomic E-state index is 12.9. The minimum absolute atomic E-state index is 0.0171. The minimum atomic E-state index is -4.62. The molecular formula is C57H101N2O6P. The molecule has 380 valence electrons. The van der Waals surface area contributed by atoms with Crippen LogP contribution in [0.2, 0.25) is 0 Å². The van der Waals surface area contributed by atoms with E-state index in [4.69, 9.17) is 9.05 Å². The molecule has 0 spiro atoms. The van der Waals surface area contributed by atoms with E-state index in [9.17, 15) is 19.4 Å². The number of carbonyl (C=O) groups excluding carboxylic acids is 1. The molecule has 3 atom stereocenters. The number of phosphoric acid groups is 1. The van der Waals surface area contributed by atoms with Gasteiger partial charge in [-0.2, -0.15) is 0 Å². The summed E-state index contributed by atoms with van der Waals surface area (Å²) >= 11 is 0. The molecule has 0 saturated carbocycles. The molecule has 66 heavy (non-hydrogen) atoms. The predicted molar refractivity (Wildman–Crippen MR) is 283 cm³/mol. The lowest BCUT2D eigenvalue weighted by molar-refractivity contribution is -0.870. The SMILES string of the molecule is CC/C=C\C/C=C\C/C=C\C/C=C\C/C=C\C/C=C\CCCCCCC(=O)NC(COP(=O)([O-])OCC[N+](C)(C)C)C(O)/C=C/CC/C=C/CCCCCCCCCCCCCCCCC. The number of hydrogen-bond acceptors (Lipinski definition) is 6. The maximum Gasteiger partial charge on any atom is 0.268 e. The molecule has 3 unspecified atom stereocenters. The molecule has 0 aliphatic carbocycles. The number of aliphatic hydroxyl groups excluding tert-OH is 1. The van der Waals surface area contributed by atoms with Gasteiger partial charge in [-0.15, -0.1) is 0 Å². The van der Waals surface area contributed by atoms with E-state index < -0.39 is 26.6 Å². The third-order valence-electron chi connectivity index (χ3n) is 11.3. The number of carbonyl (C=O) groups is 1. The molecule has 0 heterocycles. The van der Waals surface area contributed by atoms with Gasteiger partial charge in [-0.1, -0.05) is 214 Å². The lowest BCUT2D eigenvalue weighted by atomic mass is 10.0. The number of hydrogen-bond donors (Lipinski definition) is 2. The van der Waals surface area contributed by atoms with Gasteiger partial charge in [0.25, 0.3) is 7.82 Å². The molecule has 0 aliphatic heterocycles. The molecule has 0 fully saturated rings. The van der Waals surface area contributed by atoms with Crippen LogP contribution in [0.3, 0.4) is 0 Å². The molecule has 0 rings (SSSR count). The van der Waals surface area contributed by atoms with Crippen molar-refractivity contribution in [3.8, 4) is 0 Å². The van der Waals surface area contributed by atoms with Crippen molar-refractivity contribution in [3.63, 3.8) is 0 Å². The number of amides is 1. The van der Waals surface area contributed by atoms with Crippen LogP contribution in [0.1, 0.15) is 206 Å². The van der Waals surface area contributed by atoms with E-state index in [2.05, 4.69) is 104 Å². The fraction of sp³-hybridized carbons (Fsp3) is 0.702. The average molecular weight is 941 g/mol. The van der Waals surface area contributed by atoms with Crippen molar-refractivity contribution in [2.24, 2.45) is 0 Å². The average Bonchev–Trinajstić information content (AvgIpc) is 3.28. The zero-order chi connectivity index (χ0) is 48.5. The van der Waals surface area contributed by atoms with Crippen LogP contribution in [0.15, 0.2) is 97.2 Å². The van der Waals surface area contributed by atoms with Gasteiger partial charge in [0.15, 0.2) is 0 Å². The summed E-state index contributed by atoms with van der Waals surface area (Å²) in [4.78, 5) is 25.4. The Morgan fingerprint density at radius 2 is 0.939 bits per heavy atom. The van der Waals surface area contributed by atoms with Crippen molar-refractivity contribution in [3.05, 3.63) is 97.2 Å². The monoisotopic (exact) mass is 941 g/mol. The second-order valence-corrected chi connectivity index (χ2v) is 20.2. The molecular weight excluding hydrogens is 840 g/mol. The Bertz CT molecular complexity index is 1390. The summed E-state index contributed by atoms with van der Waals surface area (Å²) in [6, 6.07) is -0.924. The van der Waals surface area contributed by atoms with Gasteiger partial charge in [-0.05, 0) is 83.5 Å². The van der Waals surface area contributed by atoms with Crippen molar-refractivity contribution in [2.45, 2.75) is 219 Å². The van der Waals surface area contributed by atoms with Crippen LogP contribution < -0.4 is 10.2 Å². The van der Waals surface area contributed by atoms with Gasteiger partial charge in [0.05, 0.1) is 39.9 Å². The predicted octanol–water partition coefficient (Wildman–Crippen LogP) is 15.2. The van der Waals surface area contributed by atoms with Gasteiger partial charge < -0.3 is 28.8 Å². The highest BCUT2D eigenvalue weighted by Gasteiger charge is 2.23. The number of allylic oxidation sites excluding steroid dienone is 15. The highest BCUT2D eigenvalue weighted by molar-refractivity contribution is 7.45. The first kappa shape index (κ1) is 63.4. The quantitative estimate of drug-likeness (QED) is 0.0272. The third-order valence-corrected chi connectivity index (χ3v) is 12.2. The number of nitrogens with one attached hydrogen (secondary N) is 1. The summed E-state index contributed by atoms with van der Waals surface area (Å²) in [6.45, 7) is 4.49. The smallest absolute Gasteiger partial charge is 0.268 e. The van der Waals surface area contributed by atoms with Gasteiger partial charge in [-0.25, -0.2) is 0 Å². The first-order chi connectivity index (χ1) is 32.0. The van der Waals surface area contributed by atoms with E-state index in [0.29, 0.717) is 17.4 Å². The summed E-state index contributed by atoms with van der Waals surface area (Å²) in [6.07, 6.45) is 67.6. The molecule has 0 aromatic carbocycles. The zero-order valence-electron chi connectivity index (χ0n) is 43.1. The Morgan fingerprint density at radius 1 is 0.545 bits per heavy atom. The molecule has 8 nitrogen and oxygen atoms in total. The number of nitrogens with zero attached hydrogens (tertiary/aromatic N) is 1. The van der Waals surface area contributed by atoms with Crippen molar-refractivity contribution < 1.29 is 32.9 Å². The van der Waals surface area contributed by atoms with E-state index in [1.54, 1.807) is 6.08 Å². The first-order valence-electron chi connectivity index (χ1n) is 26.6. The van der Waals surface area contributed by atoms with E-state index in [1.807, 2.05) is 27.2 Å². The highest BCUT2D eigenvalue weighted by atomic mass is 31.2. The largest absolute Gasteiger partial charge is 0.756 e. The molecule has 0 saturated heterocycles. The van der Waals surface area contributed by atoms with Crippen LogP contribution in [-0.2, 0) is 18.4 Å². The Morgan fingerprint density at radius 3 is 1.41 bits per heavy atom. The minimum Gasteiger partial charge on any atom is -0.756 e. The highest BCUT2D eigenvalue weighted by Crippen LogP contribution is 2.38. The zero-order valence-corrected chi connectivity index (χ0v) is 44.0. The van der Waals surface area contributed by atoms with Crippen LogP contribution in [0, 0.1) is 0 Å². The van der Waals surface area contributed by atoms with Crippen LogP contribution >= 0.6 is 7.82 Å². The van der Waals surface area contributed by atoms with Crippen molar-refractivity contribution in [2.75, 3.05) is 40.9 Å². The number of rotatable bonds is 47. The van der Waals surface area contributed by atoms with Crippen molar-refractivity contribution in [1.82, 2.24) is 5.32 Å². The molecule has 9 heteroatoms. The van der Waals surface area contributed by atoms with Crippen LogP contribution in [-0.4, -0.2) is 68.5 Å². The fourth-order valence-corrected chi connectivity index (χ4v) is 7.84. The molecule has 0 aromatic rings. The molecule has 0 aliphatic rings. The van der Waals surface area contributed by atoms with Gasteiger partial charge >= 0.3 is 0 Å². The van der Waals surface area contributed by atoms with Gasteiger partial charge in [0.1, 0.15) is 13.2 Å². The van der Waals surface area contributed by atoms with Crippen molar-refractivity contribution in [1.29, 1.82) is 0 Å². The van der Waals surface area contributed by atoms with Gasteiger partial charge in [0, 0.05) is 6.42 Å². The van der Waals surface area contributed by atoms with E-state index in [-0.39, 0.29) is 12.5 Å². The Kier molecular flexibility index (Phi) is 45.6. The van der Waals surface area contributed by atoms with Crippen molar-refractivity contribution >= 4 is 13.7 Å². The Hall–Kier alpha value is -2.58. The van der Waals surface area contributed by atoms with E-state index in [0.717, 1.165) is 89.9 Å². The Labute approximate surface area is 407 Å². The van der Waals surface area contributed by atoms with E-state index >= 15 is 0 Å². The topological polar surface area (TPSA) is 108 Å². The summed E-state index contributed by atoms with van der Waals surface area (Å²) < 4.78 is 23.3. The summed E-state index contributed by atoms with van der Waals surface area (Å²) in [5, 5.41) is 13.8. The number of phosphoric ester groups is 1.